The average Bonchev–Trinajstić information content (AvgIpc) is 2.16. The Morgan fingerprint density at radius 3 is 2.56 bits per heavy atom. The first-order chi connectivity index (χ1) is 7.47. The Bertz CT molecular complexity index is 250. The van der Waals surface area contributed by atoms with Crippen molar-refractivity contribution in [1.82, 2.24) is 5.32 Å². The SMILES string of the molecule is C=CCOCC(=O)NC(CC(C)C)C(=O)O. The standard InChI is InChI=1S/C11H19NO4/c1-4-5-16-7-10(13)12-9(11(14)15)6-8(2)3/h4,8-9H,1,5-7H2,2-3H3,(H,12,13)(H,14,15). The lowest BCUT2D eigenvalue weighted by atomic mass is 10.0. The van der Waals surface area contributed by atoms with Crippen LogP contribution in [0, 0.1) is 5.92 Å². The average molecular weight is 229 g/mol. The van der Waals surface area contributed by atoms with Crippen molar-refractivity contribution in [3.63, 3.8) is 0 Å². The highest BCUT2D eigenvalue weighted by atomic mass is 16.5. The zero-order valence-corrected chi connectivity index (χ0v) is 9.73. The van der Waals surface area contributed by atoms with Crippen LogP contribution in [-0.4, -0.2) is 36.2 Å². The summed E-state index contributed by atoms with van der Waals surface area (Å²) < 4.78 is 4.91. The van der Waals surface area contributed by atoms with Gasteiger partial charge >= 0.3 is 5.97 Å². The summed E-state index contributed by atoms with van der Waals surface area (Å²) in [4.78, 5) is 22.1. The van der Waals surface area contributed by atoms with E-state index >= 15 is 0 Å². The summed E-state index contributed by atoms with van der Waals surface area (Å²) in [7, 11) is 0. The van der Waals surface area contributed by atoms with Gasteiger partial charge in [-0.15, -0.1) is 6.58 Å². The topological polar surface area (TPSA) is 75.6 Å². The third-order valence-electron chi connectivity index (χ3n) is 1.81. The molecule has 0 aliphatic carbocycles. The molecule has 0 aromatic heterocycles. The molecular formula is C11H19NO4. The molecule has 0 saturated heterocycles. The molecule has 0 aliphatic heterocycles. The molecule has 92 valence electrons. The van der Waals surface area contributed by atoms with Gasteiger partial charge in [0, 0.05) is 0 Å². The van der Waals surface area contributed by atoms with Crippen LogP contribution in [0.3, 0.4) is 0 Å². The monoisotopic (exact) mass is 229 g/mol. The summed E-state index contributed by atoms with van der Waals surface area (Å²) >= 11 is 0. The maximum atomic E-state index is 11.3. The van der Waals surface area contributed by atoms with E-state index in [0.29, 0.717) is 6.42 Å². The number of hydrogen-bond donors (Lipinski definition) is 2. The quantitative estimate of drug-likeness (QED) is 0.477. The van der Waals surface area contributed by atoms with Crippen LogP contribution in [0.1, 0.15) is 20.3 Å². The predicted octanol–water partition coefficient (Wildman–Crippen LogP) is 0.804. The Balaban J connectivity index is 4.03. The van der Waals surface area contributed by atoms with Gasteiger partial charge in [0.25, 0.3) is 0 Å². The largest absolute Gasteiger partial charge is 0.480 e. The molecule has 0 saturated carbocycles. The van der Waals surface area contributed by atoms with E-state index in [9.17, 15) is 9.59 Å². The highest BCUT2D eigenvalue weighted by Crippen LogP contribution is 2.04. The van der Waals surface area contributed by atoms with Gasteiger partial charge in [-0.05, 0) is 12.3 Å². The first-order valence-corrected chi connectivity index (χ1v) is 5.18. The van der Waals surface area contributed by atoms with E-state index in [1.54, 1.807) is 0 Å². The molecule has 0 bridgehead atoms. The second kappa shape index (κ2) is 7.87. The number of carbonyl (C=O) groups excluding carboxylic acids is 1. The van der Waals surface area contributed by atoms with Crippen molar-refractivity contribution in [2.75, 3.05) is 13.2 Å². The Kier molecular flexibility index (Phi) is 7.20. The minimum atomic E-state index is -1.02. The van der Waals surface area contributed by atoms with Gasteiger partial charge < -0.3 is 15.2 Å². The van der Waals surface area contributed by atoms with Gasteiger partial charge in [-0.25, -0.2) is 4.79 Å². The summed E-state index contributed by atoms with van der Waals surface area (Å²) in [5.74, 6) is -1.24. The van der Waals surface area contributed by atoms with Crippen LogP contribution in [-0.2, 0) is 14.3 Å². The fraction of sp³-hybridized carbons (Fsp3) is 0.636. The predicted molar refractivity (Wildman–Crippen MR) is 60.0 cm³/mol. The first kappa shape index (κ1) is 14.6. The lowest BCUT2D eigenvalue weighted by Crippen LogP contribution is -2.43. The number of carboxylic acid groups (broad SMARTS) is 1. The molecule has 1 atom stereocenters. The van der Waals surface area contributed by atoms with Gasteiger partial charge in [0.15, 0.2) is 0 Å². The molecule has 5 nitrogen and oxygen atoms in total. The number of aliphatic carboxylic acids is 1. The summed E-state index contributed by atoms with van der Waals surface area (Å²) in [6.45, 7) is 7.36. The zero-order valence-electron chi connectivity index (χ0n) is 9.73. The van der Waals surface area contributed by atoms with Crippen molar-refractivity contribution in [2.24, 2.45) is 5.92 Å². The smallest absolute Gasteiger partial charge is 0.326 e. The van der Waals surface area contributed by atoms with E-state index in [-0.39, 0.29) is 19.1 Å². The number of hydrogen-bond acceptors (Lipinski definition) is 3. The Hall–Kier alpha value is -1.36. The second-order valence-corrected chi connectivity index (χ2v) is 3.89. The summed E-state index contributed by atoms with van der Waals surface area (Å²) in [5, 5.41) is 11.3. The van der Waals surface area contributed by atoms with E-state index in [0.717, 1.165) is 0 Å². The molecule has 0 rings (SSSR count). The Morgan fingerprint density at radius 1 is 1.50 bits per heavy atom. The van der Waals surface area contributed by atoms with Crippen molar-refractivity contribution in [3.8, 4) is 0 Å². The first-order valence-electron chi connectivity index (χ1n) is 5.18. The lowest BCUT2D eigenvalue weighted by Gasteiger charge is -2.16. The Morgan fingerprint density at radius 2 is 2.12 bits per heavy atom. The number of amides is 1. The summed E-state index contributed by atoms with van der Waals surface area (Å²) in [6, 6.07) is -0.847. The molecule has 0 aromatic rings. The zero-order chi connectivity index (χ0) is 12.6. The fourth-order valence-corrected chi connectivity index (χ4v) is 1.16. The normalized spacial score (nSPS) is 12.2. The van der Waals surface area contributed by atoms with Crippen molar-refractivity contribution in [3.05, 3.63) is 12.7 Å². The molecule has 5 heteroatoms. The van der Waals surface area contributed by atoms with Gasteiger partial charge in [0.2, 0.25) is 5.91 Å². The number of nitrogens with one attached hydrogen (secondary N) is 1. The molecular weight excluding hydrogens is 210 g/mol. The molecule has 16 heavy (non-hydrogen) atoms. The maximum absolute atomic E-state index is 11.3. The third-order valence-corrected chi connectivity index (χ3v) is 1.81. The molecule has 0 spiro atoms. The molecule has 0 aliphatic rings. The van der Waals surface area contributed by atoms with Crippen LogP contribution in [0.25, 0.3) is 0 Å². The number of carbonyl (C=O) groups is 2. The summed E-state index contributed by atoms with van der Waals surface area (Å²) in [6.07, 6.45) is 1.93. The van der Waals surface area contributed by atoms with Crippen molar-refractivity contribution < 1.29 is 19.4 Å². The molecule has 0 heterocycles. The highest BCUT2D eigenvalue weighted by Gasteiger charge is 2.20. The van der Waals surface area contributed by atoms with E-state index in [4.69, 9.17) is 9.84 Å². The molecule has 0 radical (unpaired) electrons. The minimum Gasteiger partial charge on any atom is -0.480 e. The van der Waals surface area contributed by atoms with Gasteiger partial charge in [-0.2, -0.15) is 0 Å². The van der Waals surface area contributed by atoms with Crippen LogP contribution in [0.5, 0.6) is 0 Å². The summed E-state index contributed by atoms with van der Waals surface area (Å²) in [5.41, 5.74) is 0. The van der Waals surface area contributed by atoms with Gasteiger partial charge in [-0.3, -0.25) is 4.79 Å². The molecule has 2 N–H and O–H groups in total. The molecule has 0 aromatic carbocycles. The minimum absolute atomic E-state index is 0.145. The van der Waals surface area contributed by atoms with Gasteiger partial charge in [0.05, 0.1) is 6.61 Å². The Labute approximate surface area is 95.5 Å². The number of ether oxygens (including phenoxy) is 1. The van der Waals surface area contributed by atoms with Crippen LogP contribution in [0.2, 0.25) is 0 Å². The van der Waals surface area contributed by atoms with Gasteiger partial charge in [-0.1, -0.05) is 19.9 Å². The molecule has 1 unspecified atom stereocenters. The van der Waals surface area contributed by atoms with Crippen molar-refractivity contribution in [2.45, 2.75) is 26.3 Å². The maximum Gasteiger partial charge on any atom is 0.326 e. The lowest BCUT2D eigenvalue weighted by molar-refractivity contribution is -0.143. The second-order valence-electron chi connectivity index (χ2n) is 3.89. The van der Waals surface area contributed by atoms with E-state index < -0.39 is 17.9 Å². The van der Waals surface area contributed by atoms with Crippen molar-refractivity contribution >= 4 is 11.9 Å². The molecule has 1 amide bonds. The van der Waals surface area contributed by atoms with Crippen LogP contribution < -0.4 is 5.32 Å². The number of carboxylic acids is 1. The third kappa shape index (κ3) is 7.00. The van der Waals surface area contributed by atoms with Gasteiger partial charge in [0.1, 0.15) is 12.6 Å². The molecule has 0 fully saturated rings. The van der Waals surface area contributed by atoms with E-state index in [1.165, 1.54) is 6.08 Å². The van der Waals surface area contributed by atoms with Crippen LogP contribution in [0.4, 0.5) is 0 Å². The van der Waals surface area contributed by atoms with Crippen LogP contribution >= 0.6 is 0 Å². The fourth-order valence-electron chi connectivity index (χ4n) is 1.16. The highest BCUT2D eigenvalue weighted by molar-refractivity contribution is 5.84. The van der Waals surface area contributed by atoms with E-state index in [1.807, 2.05) is 13.8 Å². The number of rotatable bonds is 8. The van der Waals surface area contributed by atoms with E-state index in [2.05, 4.69) is 11.9 Å². The van der Waals surface area contributed by atoms with Crippen molar-refractivity contribution in [1.29, 1.82) is 0 Å². The van der Waals surface area contributed by atoms with Crippen LogP contribution in [0.15, 0.2) is 12.7 Å².